The zero-order chi connectivity index (χ0) is 14.9. The number of ether oxygens (including phenoxy) is 1. The molecule has 0 unspecified atom stereocenters. The summed E-state index contributed by atoms with van der Waals surface area (Å²) in [6.45, 7) is 1.38. The van der Waals surface area contributed by atoms with Crippen LogP contribution in [-0.2, 0) is 0 Å². The number of benzene rings is 2. The number of rotatable bonds is 3. The molecule has 0 radical (unpaired) electrons. The number of nitrogens with two attached hydrogens (primary N) is 1. The Kier molecular flexibility index (Phi) is 4.04. The van der Waals surface area contributed by atoms with Crippen LogP contribution in [0, 0.1) is 11.6 Å². The molecule has 2 aromatic rings. The Bertz CT molecular complexity index is 689. The van der Waals surface area contributed by atoms with Crippen LogP contribution >= 0.6 is 15.9 Å². The maximum absolute atomic E-state index is 13.6. The van der Waals surface area contributed by atoms with E-state index in [-0.39, 0.29) is 23.0 Å². The van der Waals surface area contributed by atoms with Gasteiger partial charge in [0.2, 0.25) is 5.82 Å². The summed E-state index contributed by atoms with van der Waals surface area (Å²) < 4.78 is 32.4. The molecule has 0 heterocycles. The number of anilines is 1. The molecule has 2 aromatic carbocycles. The molecule has 0 atom stereocenters. The van der Waals surface area contributed by atoms with E-state index in [1.54, 1.807) is 0 Å². The molecule has 0 aliphatic rings. The summed E-state index contributed by atoms with van der Waals surface area (Å²) >= 11 is 3.05. The van der Waals surface area contributed by atoms with Gasteiger partial charge in [-0.15, -0.1) is 0 Å². The molecule has 0 saturated carbocycles. The van der Waals surface area contributed by atoms with Gasteiger partial charge in [-0.25, -0.2) is 4.39 Å². The molecule has 104 valence electrons. The highest BCUT2D eigenvalue weighted by Crippen LogP contribution is 2.31. The lowest BCUT2D eigenvalue weighted by Gasteiger charge is -2.10. The molecule has 2 rings (SSSR count). The summed E-state index contributed by atoms with van der Waals surface area (Å²) in [6, 6.07) is 6.61. The molecule has 0 amide bonds. The zero-order valence-corrected chi connectivity index (χ0v) is 12.0. The monoisotopic (exact) mass is 341 g/mol. The number of ketones is 1. The van der Waals surface area contributed by atoms with Crippen molar-refractivity contribution in [3.63, 3.8) is 0 Å². The first kappa shape index (κ1) is 14.5. The van der Waals surface area contributed by atoms with Crippen LogP contribution in [0.5, 0.6) is 11.5 Å². The van der Waals surface area contributed by atoms with Crippen molar-refractivity contribution in [2.75, 3.05) is 5.73 Å². The average molecular weight is 342 g/mol. The van der Waals surface area contributed by atoms with Crippen LogP contribution in [0.3, 0.4) is 0 Å². The molecule has 0 aromatic heterocycles. The molecule has 2 N–H and O–H groups in total. The van der Waals surface area contributed by atoms with Gasteiger partial charge in [-0.1, -0.05) is 15.9 Å². The molecule has 0 aliphatic carbocycles. The summed E-state index contributed by atoms with van der Waals surface area (Å²) in [5.41, 5.74) is 6.26. The van der Waals surface area contributed by atoms with Gasteiger partial charge in [0.25, 0.3) is 0 Å². The number of Topliss-reactive ketones (excluding diaryl/α,β-unsaturated/α-hetero) is 1. The summed E-state index contributed by atoms with van der Waals surface area (Å²) in [5, 5.41) is 0. The Morgan fingerprint density at radius 2 is 1.95 bits per heavy atom. The van der Waals surface area contributed by atoms with Crippen LogP contribution in [0.15, 0.2) is 34.8 Å². The maximum atomic E-state index is 13.6. The number of halogens is 3. The lowest BCUT2D eigenvalue weighted by atomic mass is 10.1. The van der Waals surface area contributed by atoms with E-state index in [4.69, 9.17) is 10.5 Å². The second-order valence-corrected chi connectivity index (χ2v) is 5.02. The van der Waals surface area contributed by atoms with E-state index >= 15 is 0 Å². The Morgan fingerprint density at radius 1 is 1.25 bits per heavy atom. The van der Waals surface area contributed by atoms with Crippen molar-refractivity contribution >= 4 is 27.4 Å². The largest absolute Gasteiger partial charge is 0.454 e. The number of nitrogen functional groups attached to an aromatic ring is 1. The second kappa shape index (κ2) is 5.58. The highest BCUT2D eigenvalue weighted by Gasteiger charge is 2.13. The maximum Gasteiger partial charge on any atom is 0.201 e. The van der Waals surface area contributed by atoms with E-state index in [2.05, 4.69) is 15.9 Å². The number of carbonyl (C=O) groups is 1. The molecule has 6 heteroatoms. The number of hydrogen-bond donors (Lipinski definition) is 1. The van der Waals surface area contributed by atoms with Gasteiger partial charge < -0.3 is 10.5 Å². The summed E-state index contributed by atoms with van der Waals surface area (Å²) in [5.74, 6) is -2.37. The molecule has 0 aliphatic heterocycles. The molecule has 0 bridgehead atoms. The summed E-state index contributed by atoms with van der Waals surface area (Å²) in [6.07, 6.45) is 0. The predicted molar refractivity (Wildman–Crippen MR) is 75.0 cm³/mol. The third kappa shape index (κ3) is 2.96. The van der Waals surface area contributed by atoms with E-state index in [0.717, 1.165) is 6.07 Å². The van der Waals surface area contributed by atoms with E-state index in [1.807, 2.05) is 0 Å². The van der Waals surface area contributed by atoms with Crippen LogP contribution in [0.25, 0.3) is 0 Å². The zero-order valence-electron chi connectivity index (χ0n) is 10.4. The lowest BCUT2D eigenvalue weighted by molar-refractivity contribution is 0.101. The van der Waals surface area contributed by atoms with Crippen LogP contribution in [0.2, 0.25) is 0 Å². The summed E-state index contributed by atoms with van der Waals surface area (Å²) in [7, 11) is 0. The van der Waals surface area contributed by atoms with E-state index < -0.39 is 11.6 Å². The average Bonchev–Trinajstić information content (AvgIpc) is 2.35. The fourth-order valence-electron chi connectivity index (χ4n) is 1.66. The first-order valence-electron chi connectivity index (χ1n) is 5.61. The van der Waals surface area contributed by atoms with Gasteiger partial charge in [-0.05, 0) is 31.2 Å². The fraction of sp³-hybridized carbons (Fsp3) is 0.0714. The van der Waals surface area contributed by atoms with E-state index in [1.165, 1.54) is 31.2 Å². The highest BCUT2D eigenvalue weighted by molar-refractivity contribution is 9.10. The lowest BCUT2D eigenvalue weighted by Crippen LogP contribution is -2.00. The van der Waals surface area contributed by atoms with Crippen LogP contribution < -0.4 is 10.5 Å². The van der Waals surface area contributed by atoms with E-state index in [0.29, 0.717) is 10.0 Å². The van der Waals surface area contributed by atoms with E-state index in [9.17, 15) is 13.6 Å². The van der Waals surface area contributed by atoms with Crippen molar-refractivity contribution in [3.05, 3.63) is 52.0 Å². The first-order valence-corrected chi connectivity index (χ1v) is 6.40. The molecular weight excluding hydrogens is 332 g/mol. The van der Waals surface area contributed by atoms with Gasteiger partial charge in [0.05, 0.1) is 0 Å². The minimum Gasteiger partial charge on any atom is -0.454 e. The number of hydrogen-bond acceptors (Lipinski definition) is 3. The quantitative estimate of drug-likeness (QED) is 0.514. The van der Waals surface area contributed by atoms with Gasteiger partial charge in [-0.3, -0.25) is 4.79 Å². The van der Waals surface area contributed by atoms with Crippen LogP contribution in [-0.4, -0.2) is 5.78 Å². The van der Waals surface area contributed by atoms with Gasteiger partial charge in [0.15, 0.2) is 17.3 Å². The Morgan fingerprint density at radius 3 is 2.55 bits per heavy atom. The fourth-order valence-corrected chi connectivity index (χ4v) is 2.07. The Balaban J connectivity index is 2.36. The molecular formula is C14H10BrF2NO2. The smallest absolute Gasteiger partial charge is 0.201 e. The standard InChI is InChI=1S/C14H10BrF2NO2/c1-7(19)10-3-2-9(6-12(10)18)20-13-5-8(15)4-11(16)14(13)17/h2-6H,18H2,1H3. The van der Waals surface area contributed by atoms with Crippen molar-refractivity contribution < 1.29 is 18.3 Å². The van der Waals surface area contributed by atoms with Gasteiger partial charge >= 0.3 is 0 Å². The van der Waals surface area contributed by atoms with Crippen LogP contribution in [0.1, 0.15) is 17.3 Å². The molecule has 0 fully saturated rings. The third-order valence-corrected chi connectivity index (χ3v) is 3.05. The summed E-state index contributed by atoms with van der Waals surface area (Å²) in [4.78, 5) is 11.2. The first-order chi connectivity index (χ1) is 9.38. The Hall–Kier alpha value is -1.95. The molecule has 20 heavy (non-hydrogen) atoms. The van der Waals surface area contributed by atoms with Crippen molar-refractivity contribution in [2.24, 2.45) is 0 Å². The number of carbonyl (C=O) groups excluding carboxylic acids is 1. The van der Waals surface area contributed by atoms with Crippen LogP contribution in [0.4, 0.5) is 14.5 Å². The second-order valence-electron chi connectivity index (χ2n) is 4.11. The van der Waals surface area contributed by atoms with Gasteiger partial charge in [0, 0.05) is 21.8 Å². The Labute approximate surface area is 122 Å². The topological polar surface area (TPSA) is 52.3 Å². The highest BCUT2D eigenvalue weighted by atomic mass is 79.9. The SMILES string of the molecule is CC(=O)c1ccc(Oc2cc(Br)cc(F)c2F)cc1N. The van der Waals surface area contributed by atoms with Crippen molar-refractivity contribution in [2.45, 2.75) is 6.92 Å². The third-order valence-electron chi connectivity index (χ3n) is 2.59. The van der Waals surface area contributed by atoms with Gasteiger partial charge in [0.1, 0.15) is 5.75 Å². The van der Waals surface area contributed by atoms with Crippen molar-refractivity contribution in [1.82, 2.24) is 0 Å². The van der Waals surface area contributed by atoms with Crippen molar-refractivity contribution in [3.8, 4) is 11.5 Å². The van der Waals surface area contributed by atoms with Crippen molar-refractivity contribution in [1.29, 1.82) is 0 Å². The minimum absolute atomic E-state index is 0.186. The minimum atomic E-state index is -1.09. The molecule has 0 spiro atoms. The predicted octanol–water partition coefficient (Wildman–Crippen LogP) is 4.30. The normalized spacial score (nSPS) is 10.4. The molecule has 0 saturated heterocycles. The molecule has 3 nitrogen and oxygen atoms in total. The van der Waals surface area contributed by atoms with Gasteiger partial charge in [-0.2, -0.15) is 4.39 Å².